The molecule has 37 heavy (non-hydrogen) atoms. The van der Waals surface area contributed by atoms with Crippen molar-refractivity contribution in [2.75, 3.05) is 40.2 Å². The van der Waals surface area contributed by atoms with E-state index < -0.39 is 0 Å². The third kappa shape index (κ3) is 5.32. The Hall–Kier alpha value is -3.85. The molecule has 192 valence electrons. The van der Waals surface area contributed by atoms with Crippen molar-refractivity contribution in [3.8, 4) is 23.0 Å². The highest BCUT2D eigenvalue weighted by molar-refractivity contribution is 7.99. The Morgan fingerprint density at radius 1 is 1.00 bits per heavy atom. The summed E-state index contributed by atoms with van der Waals surface area (Å²) in [7, 11) is 4.85. The minimum absolute atomic E-state index is 0.0176. The average molecular weight is 521 g/mol. The molecule has 2 heterocycles. The van der Waals surface area contributed by atoms with Crippen LogP contribution in [0.15, 0.2) is 70.3 Å². The van der Waals surface area contributed by atoms with Crippen molar-refractivity contribution in [1.29, 1.82) is 0 Å². The normalized spacial score (nSPS) is 14.8. The monoisotopic (exact) mass is 520 g/mol. The summed E-state index contributed by atoms with van der Waals surface area (Å²) in [5.41, 5.74) is 3.57. The number of amides is 1. The van der Waals surface area contributed by atoms with Crippen LogP contribution < -0.4 is 18.9 Å². The highest BCUT2D eigenvalue weighted by Gasteiger charge is 2.33. The van der Waals surface area contributed by atoms with Gasteiger partial charge in [-0.3, -0.25) is 4.79 Å². The molecule has 0 N–H and O–H groups in total. The van der Waals surface area contributed by atoms with E-state index in [9.17, 15) is 4.79 Å². The highest BCUT2D eigenvalue weighted by atomic mass is 32.2. The topological polar surface area (TPSA) is 83.3 Å². The Morgan fingerprint density at radius 2 is 1.73 bits per heavy atom. The molecule has 0 spiro atoms. The van der Waals surface area contributed by atoms with Crippen LogP contribution in [0.3, 0.4) is 0 Å². The number of thioether (sulfide) groups is 1. The number of carbonyl (C=O) groups is 1. The minimum Gasteiger partial charge on any atom is -0.497 e. The summed E-state index contributed by atoms with van der Waals surface area (Å²) in [6.45, 7) is 0.847. The molecule has 8 nitrogen and oxygen atoms in total. The van der Waals surface area contributed by atoms with Crippen molar-refractivity contribution in [2.24, 2.45) is 0 Å². The third-order valence-corrected chi connectivity index (χ3v) is 7.20. The van der Waals surface area contributed by atoms with Gasteiger partial charge in [-0.05, 0) is 66.1 Å². The zero-order valence-electron chi connectivity index (χ0n) is 20.9. The summed E-state index contributed by atoms with van der Waals surface area (Å²) >= 11 is 1.30. The predicted molar refractivity (Wildman–Crippen MR) is 141 cm³/mol. The van der Waals surface area contributed by atoms with Crippen molar-refractivity contribution in [3.63, 3.8) is 0 Å². The molecule has 0 saturated carbocycles. The van der Waals surface area contributed by atoms with Gasteiger partial charge in [-0.15, -0.1) is 0 Å². The van der Waals surface area contributed by atoms with Crippen LogP contribution in [0.5, 0.6) is 23.0 Å². The number of hydrogen-bond donors (Lipinski definition) is 0. The summed E-state index contributed by atoms with van der Waals surface area (Å²) in [6, 6.07) is 18.6. The van der Waals surface area contributed by atoms with Crippen LogP contribution in [-0.2, 0) is 11.2 Å². The first-order chi connectivity index (χ1) is 18.1. The predicted octanol–water partition coefficient (Wildman–Crippen LogP) is 5.15. The zero-order valence-corrected chi connectivity index (χ0v) is 21.7. The molecule has 0 fully saturated rings. The van der Waals surface area contributed by atoms with E-state index in [1.54, 1.807) is 21.3 Å². The number of para-hydroxylation sites is 2. The molecule has 0 bridgehead atoms. The maximum absolute atomic E-state index is 13.5. The van der Waals surface area contributed by atoms with Crippen molar-refractivity contribution >= 4 is 28.8 Å². The van der Waals surface area contributed by atoms with Crippen molar-refractivity contribution in [3.05, 3.63) is 71.8 Å². The molecular formula is C28H28N2O6S. The van der Waals surface area contributed by atoms with Crippen molar-refractivity contribution in [2.45, 2.75) is 17.7 Å². The number of oxazole rings is 1. The standard InChI is InChI=1S/C28H28N2O6S/c1-32-19-8-10-20(11-9-19)35-16-23-21-15-26(34-3)25(33-2)14-18(21)12-13-30(23)27(31)17-37-28-29-22-6-4-5-7-24(22)36-28/h4-11,14-15,23H,12-13,16-17H2,1-3H3. The molecule has 4 aromatic rings. The number of ether oxygens (including phenoxy) is 4. The number of carbonyl (C=O) groups excluding carboxylic acids is 1. The van der Waals surface area contributed by atoms with E-state index >= 15 is 0 Å². The quantitative estimate of drug-likeness (QED) is 0.280. The fourth-order valence-corrected chi connectivity index (χ4v) is 5.20. The fraction of sp³-hybridized carbons (Fsp3) is 0.286. The van der Waals surface area contributed by atoms with Crippen molar-refractivity contribution in [1.82, 2.24) is 9.88 Å². The first-order valence-corrected chi connectivity index (χ1v) is 12.9. The average Bonchev–Trinajstić information content (AvgIpc) is 3.37. The minimum atomic E-state index is -0.303. The number of methoxy groups -OCH3 is 3. The number of aromatic nitrogens is 1. The van der Waals surface area contributed by atoms with E-state index in [0.29, 0.717) is 41.0 Å². The second-order valence-corrected chi connectivity index (χ2v) is 9.41. The van der Waals surface area contributed by atoms with Gasteiger partial charge in [0, 0.05) is 6.54 Å². The number of nitrogens with zero attached hydrogens (tertiary/aromatic N) is 2. The first-order valence-electron chi connectivity index (χ1n) is 11.9. The van der Waals surface area contributed by atoms with E-state index in [-0.39, 0.29) is 24.3 Å². The molecule has 1 aromatic heterocycles. The van der Waals surface area contributed by atoms with E-state index in [1.807, 2.05) is 65.6 Å². The Morgan fingerprint density at radius 3 is 2.46 bits per heavy atom. The molecule has 5 rings (SSSR count). The third-order valence-electron chi connectivity index (χ3n) is 6.38. The molecule has 1 unspecified atom stereocenters. The van der Waals surface area contributed by atoms with E-state index in [4.69, 9.17) is 23.4 Å². The SMILES string of the molecule is COc1ccc(OCC2c3cc(OC)c(OC)cc3CCN2C(=O)CSc2nc3ccccc3o2)cc1. The van der Waals surface area contributed by atoms with Crippen LogP contribution in [0.2, 0.25) is 0 Å². The number of benzene rings is 3. The molecule has 0 radical (unpaired) electrons. The van der Waals surface area contributed by atoms with Gasteiger partial charge in [0.1, 0.15) is 23.6 Å². The Labute approximate surface area is 219 Å². The van der Waals surface area contributed by atoms with Gasteiger partial charge in [0.15, 0.2) is 17.1 Å². The van der Waals surface area contributed by atoms with E-state index in [0.717, 1.165) is 22.4 Å². The number of rotatable bonds is 9. The molecule has 1 aliphatic rings. The second-order valence-electron chi connectivity index (χ2n) is 8.48. The maximum Gasteiger partial charge on any atom is 0.257 e. The van der Waals surface area contributed by atoms with Gasteiger partial charge in [0.25, 0.3) is 5.22 Å². The molecule has 1 amide bonds. The lowest BCUT2D eigenvalue weighted by Crippen LogP contribution is -2.43. The van der Waals surface area contributed by atoms with Crippen LogP contribution in [0.25, 0.3) is 11.1 Å². The Kier molecular flexibility index (Phi) is 7.41. The second kappa shape index (κ2) is 11.0. The van der Waals surface area contributed by atoms with E-state index in [1.165, 1.54) is 11.8 Å². The van der Waals surface area contributed by atoms with Crippen LogP contribution >= 0.6 is 11.8 Å². The highest BCUT2D eigenvalue weighted by Crippen LogP contribution is 2.39. The number of hydrogen-bond acceptors (Lipinski definition) is 8. The van der Waals surface area contributed by atoms with Crippen molar-refractivity contribution < 1.29 is 28.2 Å². The fourth-order valence-electron chi connectivity index (χ4n) is 4.47. The van der Waals surface area contributed by atoms with Gasteiger partial charge < -0.3 is 28.3 Å². The lowest BCUT2D eigenvalue weighted by molar-refractivity contribution is -0.132. The molecule has 0 saturated heterocycles. The largest absolute Gasteiger partial charge is 0.497 e. The lowest BCUT2D eigenvalue weighted by atomic mass is 9.92. The molecular weight excluding hydrogens is 492 g/mol. The maximum atomic E-state index is 13.5. The van der Waals surface area contributed by atoms with Gasteiger partial charge in [-0.25, -0.2) is 4.98 Å². The smallest absolute Gasteiger partial charge is 0.257 e. The van der Waals surface area contributed by atoms with Gasteiger partial charge in [0.2, 0.25) is 5.91 Å². The summed E-state index contributed by atoms with van der Waals surface area (Å²) in [5.74, 6) is 2.92. The van der Waals surface area contributed by atoms with Crippen LogP contribution in [0.4, 0.5) is 0 Å². The molecule has 0 aliphatic carbocycles. The summed E-state index contributed by atoms with van der Waals surface area (Å²) in [6.07, 6.45) is 0.702. The van der Waals surface area contributed by atoms with Crippen LogP contribution in [0, 0.1) is 0 Å². The number of fused-ring (bicyclic) bond motifs is 2. The zero-order chi connectivity index (χ0) is 25.8. The van der Waals surface area contributed by atoms with Gasteiger partial charge in [0.05, 0.1) is 33.1 Å². The van der Waals surface area contributed by atoms with Gasteiger partial charge in [-0.1, -0.05) is 23.9 Å². The summed E-state index contributed by atoms with van der Waals surface area (Å²) in [5, 5.41) is 0.476. The van der Waals surface area contributed by atoms with Gasteiger partial charge >= 0.3 is 0 Å². The van der Waals surface area contributed by atoms with Gasteiger partial charge in [-0.2, -0.15) is 0 Å². The first kappa shape index (κ1) is 24.8. The van der Waals surface area contributed by atoms with E-state index in [2.05, 4.69) is 4.98 Å². The van der Waals surface area contributed by atoms with Crippen LogP contribution in [0.1, 0.15) is 17.2 Å². The molecule has 9 heteroatoms. The Bertz CT molecular complexity index is 1350. The lowest BCUT2D eigenvalue weighted by Gasteiger charge is -2.37. The molecule has 1 aliphatic heterocycles. The summed E-state index contributed by atoms with van der Waals surface area (Å²) in [4.78, 5) is 19.8. The summed E-state index contributed by atoms with van der Waals surface area (Å²) < 4.78 is 28.2. The molecule has 1 atom stereocenters. The van der Waals surface area contributed by atoms with Crippen LogP contribution in [-0.4, -0.2) is 56.0 Å². The molecule has 3 aromatic carbocycles. The Balaban J connectivity index is 1.38.